The van der Waals surface area contributed by atoms with Gasteiger partial charge in [0, 0.05) is 58.0 Å². The van der Waals surface area contributed by atoms with Gasteiger partial charge in [-0.2, -0.15) is 5.26 Å². The predicted molar refractivity (Wildman–Crippen MR) is 218 cm³/mol. The summed E-state index contributed by atoms with van der Waals surface area (Å²) in [5, 5.41) is 38.2. The summed E-state index contributed by atoms with van der Waals surface area (Å²) in [6.45, 7) is 8.00. The van der Waals surface area contributed by atoms with Crippen LogP contribution in [-0.4, -0.2) is 44.7 Å². The number of hydrogen-bond donors (Lipinski definition) is 9. The Morgan fingerprint density at radius 1 is 0.545 bits per heavy atom. The van der Waals surface area contributed by atoms with Crippen molar-refractivity contribution in [2.24, 2.45) is 0 Å². The monoisotopic (exact) mass is 822 g/mol. The number of halogens is 1. The Morgan fingerprint density at radius 3 is 1.20 bits per heavy atom. The third-order valence-electron chi connectivity index (χ3n) is 6.19. The number of H-pyrrole nitrogens is 3. The fraction of sp³-hybridized carbons (Fsp3) is 0.125. The molecule has 3 heterocycles. The molecule has 0 unspecified atom stereocenters. The van der Waals surface area contributed by atoms with Gasteiger partial charge < -0.3 is 49.4 Å². The number of nitrogens with one attached hydrogen (secondary N) is 3. The molecule has 0 spiro atoms. The number of anilines is 6. The van der Waals surface area contributed by atoms with Crippen molar-refractivity contribution >= 4 is 101 Å². The highest BCUT2D eigenvalue weighted by Gasteiger charge is 2.09. The van der Waals surface area contributed by atoms with Crippen LogP contribution in [0.15, 0.2) is 72.8 Å². The van der Waals surface area contributed by atoms with E-state index in [2.05, 4.69) is 45.8 Å². The number of nitrogens with two attached hydrogens (primary N) is 6. The van der Waals surface area contributed by atoms with Gasteiger partial charge >= 0.3 is 0 Å². The summed E-state index contributed by atoms with van der Waals surface area (Å²) in [7, 11) is 0. The van der Waals surface area contributed by atoms with E-state index < -0.39 is 14.8 Å². The molecule has 0 aliphatic carbocycles. The first-order valence-electron chi connectivity index (χ1n) is 15.7. The summed E-state index contributed by atoms with van der Waals surface area (Å²) >= 11 is 2.45. The number of benzene rings is 4. The zero-order valence-corrected chi connectivity index (χ0v) is 31.4. The maximum atomic E-state index is 10.4. The predicted octanol–water partition coefficient (Wildman–Crippen LogP) is 6.51. The minimum atomic E-state index is -0.518. The van der Waals surface area contributed by atoms with Crippen LogP contribution in [0.1, 0.15) is 27.7 Å². The number of aromatic amines is 3. The number of fused-ring (bicyclic) bond motifs is 3. The summed E-state index contributed by atoms with van der Waals surface area (Å²) in [5.74, 6) is 0.941. The molecule has 7 aromatic rings. The van der Waals surface area contributed by atoms with Gasteiger partial charge in [0.2, 0.25) is 0 Å². The summed E-state index contributed by atoms with van der Waals surface area (Å²) in [6, 6.07) is 18.1. The molecule has 0 saturated heterocycles. The van der Waals surface area contributed by atoms with Crippen LogP contribution in [0.4, 0.5) is 52.0 Å². The van der Waals surface area contributed by atoms with Crippen molar-refractivity contribution in [2.75, 3.05) is 34.4 Å². The van der Waals surface area contributed by atoms with Crippen molar-refractivity contribution in [3.05, 3.63) is 103 Å². The second kappa shape index (κ2) is 22.3. The maximum Gasteiger partial charge on any atom is 0.271 e. The number of nitriles is 1. The summed E-state index contributed by atoms with van der Waals surface area (Å²) in [6.07, 6.45) is 0. The molecule has 0 fully saturated rings. The quantitative estimate of drug-likeness (QED) is 0.0521. The average Bonchev–Trinajstić information content (AvgIpc) is 3.84. The van der Waals surface area contributed by atoms with Crippen molar-refractivity contribution < 1.29 is 14.8 Å². The number of imidazole rings is 3. The van der Waals surface area contributed by atoms with Crippen molar-refractivity contribution in [3.63, 3.8) is 0 Å². The average molecular weight is 824 g/mol. The molecule has 0 amide bonds. The fourth-order valence-corrected chi connectivity index (χ4v) is 3.98. The number of aromatic nitrogens is 6. The number of nitro groups is 3. The number of hydrogen-bond acceptors (Lipinski definition) is 16. The van der Waals surface area contributed by atoms with Gasteiger partial charge in [0.05, 0.1) is 59.2 Å². The molecule has 290 valence electrons. The highest BCUT2D eigenvalue weighted by Crippen LogP contribution is 2.22. The number of nitrogen functional groups attached to an aromatic ring is 6. The van der Waals surface area contributed by atoms with Crippen LogP contribution in [0.3, 0.4) is 0 Å². The van der Waals surface area contributed by atoms with Gasteiger partial charge in [-0.3, -0.25) is 30.3 Å². The smallest absolute Gasteiger partial charge is 0.271 e. The lowest BCUT2D eigenvalue weighted by atomic mass is 10.2. The van der Waals surface area contributed by atoms with Crippen molar-refractivity contribution in [2.45, 2.75) is 27.7 Å². The Labute approximate surface area is 320 Å². The van der Waals surface area contributed by atoms with Crippen LogP contribution in [0.5, 0.6) is 0 Å². The number of nitrogens with zero attached hydrogens (tertiary/aromatic N) is 7. The first-order valence-corrected chi connectivity index (χ1v) is 16.5. The molecule has 0 aliphatic rings. The Balaban J connectivity index is 0.000000348. The fourth-order valence-electron chi connectivity index (χ4n) is 3.98. The van der Waals surface area contributed by atoms with Crippen LogP contribution < -0.4 is 34.4 Å². The number of nitro benzene ring substituents is 3. The van der Waals surface area contributed by atoms with Crippen molar-refractivity contribution in [1.82, 2.24) is 29.9 Å². The second-order valence-corrected chi connectivity index (χ2v) is 10.1. The molecule has 0 aliphatic heterocycles. The molecule has 4 aromatic carbocycles. The van der Waals surface area contributed by atoms with Crippen LogP contribution in [0.2, 0.25) is 0 Å². The molecule has 22 nitrogen and oxygen atoms in total. The van der Waals surface area contributed by atoms with Gasteiger partial charge in [-0.05, 0) is 36.4 Å². The van der Waals surface area contributed by atoms with Crippen LogP contribution in [0.25, 0.3) is 33.1 Å². The van der Waals surface area contributed by atoms with Crippen molar-refractivity contribution in [1.29, 1.82) is 5.26 Å². The van der Waals surface area contributed by atoms with Crippen LogP contribution >= 0.6 is 15.9 Å². The topological polar surface area (TPSA) is 395 Å². The minimum Gasteiger partial charge on any atom is -0.399 e. The van der Waals surface area contributed by atoms with E-state index in [1.807, 2.05) is 33.8 Å². The van der Waals surface area contributed by atoms with E-state index in [0.29, 0.717) is 39.4 Å². The van der Waals surface area contributed by atoms with E-state index in [-0.39, 0.29) is 34.6 Å². The van der Waals surface area contributed by atoms with Gasteiger partial charge in [-0.25, -0.2) is 15.0 Å². The normalized spacial score (nSPS) is 9.31. The summed E-state index contributed by atoms with van der Waals surface area (Å²) in [5.41, 5.74) is 37.8. The molecule has 15 N–H and O–H groups in total. The number of non-ortho nitro benzene ring substituents is 3. The Morgan fingerprint density at radius 2 is 0.855 bits per heavy atom. The SMILES string of the molecule is CC.CC.N#CBr.Nc1ccc([N+](=O)[O-])cc1N.Nc1ccc2nc(N)[nH]c2c1.Nc1nc2ccc([N+](=O)[O-])cc2[nH]1.Nc1nc2ccc([N+](=O)[O-])cc2[nH]1. The summed E-state index contributed by atoms with van der Waals surface area (Å²) < 4.78 is 0. The zero-order valence-electron chi connectivity index (χ0n) is 29.9. The second-order valence-electron chi connectivity index (χ2n) is 9.71. The van der Waals surface area contributed by atoms with Crippen LogP contribution in [0, 0.1) is 40.6 Å². The minimum absolute atomic E-state index is 0.0242. The lowest BCUT2D eigenvalue weighted by Crippen LogP contribution is -1.96. The largest absolute Gasteiger partial charge is 0.399 e. The Hall–Kier alpha value is -7.74. The Bertz CT molecular complexity index is 2300. The molecular weight excluding hydrogens is 784 g/mol. The third kappa shape index (κ3) is 14.1. The van der Waals surface area contributed by atoms with E-state index in [1.54, 1.807) is 29.2 Å². The first kappa shape index (κ1) is 45.3. The summed E-state index contributed by atoms with van der Waals surface area (Å²) in [4.78, 5) is 51.2. The van der Waals surface area contributed by atoms with E-state index >= 15 is 0 Å². The van der Waals surface area contributed by atoms with Gasteiger partial charge in [0.25, 0.3) is 17.1 Å². The number of rotatable bonds is 3. The van der Waals surface area contributed by atoms with Crippen LogP contribution in [-0.2, 0) is 0 Å². The van der Waals surface area contributed by atoms with Gasteiger partial charge in [0.1, 0.15) is 4.98 Å². The van der Waals surface area contributed by atoms with Gasteiger partial charge in [-0.1, -0.05) is 27.7 Å². The van der Waals surface area contributed by atoms with Gasteiger partial charge in [0.15, 0.2) is 17.8 Å². The van der Waals surface area contributed by atoms with E-state index in [9.17, 15) is 30.3 Å². The molecule has 23 heteroatoms. The standard InChI is InChI=1S/2C7H6N4O2.C7H8N4.C6H7N3O2.2C2H6.CBrN/c2*8-7-9-5-2-1-4(11(12)13)3-6(5)10-7;8-4-1-2-5-6(3-4)11-7(9)10-5;7-5-2-1-4(9(10)11)3-6(5)8;2*1-2;2-1-3/h2*1-3H,(H3,8,9,10);1-3H,8H2,(H3,9,10,11);1-3H,7-8H2;2*1-2H3;. The lowest BCUT2D eigenvalue weighted by Gasteiger charge is -1.97. The molecule has 0 atom stereocenters. The Kier molecular flexibility index (Phi) is 18.3. The molecule has 0 bridgehead atoms. The van der Waals surface area contributed by atoms with Gasteiger partial charge in [-0.15, -0.1) is 0 Å². The molecule has 3 aromatic heterocycles. The van der Waals surface area contributed by atoms with Crippen molar-refractivity contribution in [3.8, 4) is 4.98 Å². The lowest BCUT2D eigenvalue weighted by molar-refractivity contribution is -0.384. The van der Waals surface area contributed by atoms with E-state index in [1.165, 1.54) is 42.5 Å². The molecular formula is C32H39BrN16O6. The molecule has 7 rings (SSSR count). The zero-order chi connectivity index (χ0) is 41.8. The van der Waals surface area contributed by atoms with E-state index in [4.69, 9.17) is 39.7 Å². The molecule has 0 radical (unpaired) electrons. The maximum absolute atomic E-state index is 10.4. The third-order valence-corrected chi connectivity index (χ3v) is 6.19. The molecule has 55 heavy (non-hydrogen) atoms. The highest BCUT2D eigenvalue weighted by molar-refractivity contribution is 9.12. The highest BCUT2D eigenvalue weighted by atomic mass is 79.9. The first-order chi connectivity index (χ1) is 26.1. The van der Waals surface area contributed by atoms with E-state index in [0.717, 1.165) is 11.0 Å². The molecule has 0 saturated carbocycles.